The van der Waals surface area contributed by atoms with Gasteiger partial charge in [0.1, 0.15) is 24.4 Å². The Morgan fingerprint density at radius 3 is 1.48 bits per heavy atom. The summed E-state index contributed by atoms with van der Waals surface area (Å²) in [5.41, 5.74) is 0. The second-order valence-corrected chi connectivity index (χ2v) is 20.4. The Morgan fingerprint density at radius 1 is 0.549 bits per heavy atom. The number of carbonyl (C=O) groups excluding carboxylic acids is 2. The van der Waals surface area contributed by atoms with E-state index in [-0.39, 0.29) is 19.4 Å². The molecule has 0 aromatic heterocycles. The van der Waals surface area contributed by atoms with E-state index in [1.165, 1.54) is 122 Å². The molecule has 1 rings (SSSR count). The summed E-state index contributed by atoms with van der Waals surface area (Å²) >= 11 is 0. The first-order valence-corrected chi connectivity index (χ1v) is 29.4. The van der Waals surface area contributed by atoms with E-state index >= 15 is 0 Å². The van der Waals surface area contributed by atoms with Crippen LogP contribution in [0.25, 0.3) is 0 Å². The van der Waals surface area contributed by atoms with Gasteiger partial charge in [-0.25, -0.2) is 0 Å². The molecule has 8 atom stereocenters. The largest absolute Gasteiger partial charge is 0.454 e. The minimum atomic E-state index is -1.62. The lowest BCUT2D eigenvalue weighted by Gasteiger charge is -2.41. The van der Waals surface area contributed by atoms with E-state index in [4.69, 9.17) is 14.2 Å². The smallest absolute Gasteiger partial charge is 0.306 e. The monoisotopic (exact) mass is 1000 g/mol. The number of carbonyl (C=O) groups is 2. The molecule has 0 saturated carbocycles. The molecule has 11 heteroatoms. The number of ether oxygens (including phenoxy) is 3. The van der Waals surface area contributed by atoms with Gasteiger partial charge < -0.3 is 45.1 Å². The molecule has 0 spiro atoms. The summed E-state index contributed by atoms with van der Waals surface area (Å²) in [6.07, 6.45) is 47.2. The number of amides is 1. The van der Waals surface area contributed by atoms with Gasteiger partial charge in [-0.1, -0.05) is 217 Å². The molecular weight excluding hydrogens is 895 g/mol. The molecule has 0 aromatic rings. The molecule has 0 radical (unpaired) electrons. The molecule has 6 N–H and O–H groups in total. The zero-order chi connectivity index (χ0) is 51.8. The van der Waals surface area contributed by atoms with Crippen LogP contribution >= 0.6 is 0 Å². The maximum absolute atomic E-state index is 13.4. The van der Waals surface area contributed by atoms with Gasteiger partial charge in [-0.15, -0.1) is 0 Å². The first kappa shape index (κ1) is 66.6. The number of esters is 1. The molecule has 1 fully saturated rings. The van der Waals surface area contributed by atoms with Crippen molar-refractivity contribution in [3.05, 3.63) is 48.6 Å². The second kappa shape index (κ2) is 48.6. The molecular formula is C60H109NO10. The minimum absolute atomic E-state index is 0.102. The molecule has 1 aliphatic heterocycles. The van der Waals surface area contributed by atoms with Crippen LogP contribution in [0.5, 0.6) is 0 Å². The lowest BCUT2D eigenvalue weighted by atomic mass is 9.99. The van der Waals surface area contributed by atoms with Crippen molar-refractivity contribution in [3.8, 4) is 0 Å². The third-order valence-electron chi connectivity index (χ3n) is 13.7. The van der Waals surface area contributed by atoms with Crippen molar-refractivity contribution < 1.29 is 49.3 Å². The molecule has 71 heavy (non-hydrogen) atoms. The van der Waals surface area contributed by atoms with Gasteiger partial charge in [0.25, 0.3) is 0 Å². The average molecular weight is 1000 g/mol. The van der Waals surface area contributed by atoms with Crippen LogP contribution < -0.4 is 5.32 Å². The van der Waals surface area contributed by atoms with E-state index in [1.54, 1.807) is 6.08 Å². The highest BCUT2D eigenvalue weighted by Crippen LogP contribution is 2.26. The summed E-state index contributed by atoms with van der Waals surface area (Å²) in [5.74, 6) is -1.22. The van der Waals surface area contributed by atoms with Gasteiger partial charge in [0.15, 0.2) is 12.4 Å². The highest BCUT2D eigenvalue weighted by Gasteiger charge is 2.47. The first-order valence-electron chi connectivity index (χ1n) is 29.4. The topological polar surface area (TPSA) is 175 Å². The maximum Gasteiger partial charge on any atom is 0.306 e. The van der Waals surface area contributed by atoms with Gasteiger partial charge in [0.05, 0.1) is 25.4 Å². The summed E-state index contributed by atoms with van der Waals surface area (Å²) in [5, 5.41) is 56.8. The van der Waals surface area contributed by atoms with E-state index in [1.807, 2.05) is 6.08 Å². The Hall–Kier alpha value is -2.38. The molecule has 1 amide bonds. The number of nitrogens with one attached hydrogen (secondary N) is 1. The molecule has 0 aliphatic carbocycles. The molecule has 0 aromatic carbocycles. The van der Waals surface area contributed by atoms with E-state index in [9.17, 15) is 35.1 Å². The van der Waals surface area contributed by atoms with Crippen LogP contribution in [0.15, 0.2) is 48.6 Å². The number of allylic oxidation sites excluding steroid dienone is 7. The lowest BCUT2D eigenvalue weighted by Crippen LogP contribution is -2.61. The van der Waals surface area contributed by atoms with Crippen molar-refractivity contribution in [1.29, 1.82) is 0 Å². The Morgan fingerprint density at radius 2 is 0.972 bits per heavy atom. The average Bonchev–Trinajstić information content (AvgIpc) is 3.37. The second-order valence-electron chi connectivity index (χ2n) is 20.4. The van der Waals surface area contributed by atoms with Gasteiger partial charge in [0, 0.05) is 6.42 Å². The van der Waals surface area contributed by atoms with Gasteiger partial charge in [-0.3, -0.25) is 9.59 Å². The third kappa shape index (κ3) is 37.1. The summed E-state index contributed by atoms with van der Waals surface area (Å²) < 4.78 is 17.6. The van der Waals surface area contributed by atoms with Crippen molar-refractivity contribution in [2.24, 2.45) is 0 Å². The van der Waals surface area contributed by atoms with Gasteiger partial charge in [-0.2, -0.15) is 0 Å². The first-order chi connectivity index (χ1) is 34.7. The zero-order valence-electron chi connectivity index (χ0n) is 45.6. The van der Waals surface area contributed by atoms with Crippen molar-refractivity contribution in [3.63, 3.8) is 0 Å². The van der Waals surface area contributed by atoms with Crippen LogP contribution in [-0.2, 0) is 23.8 Å². The van der Waals surface area contributed by atoms with E-state index in [2.05, 4.69) is 62.5 Å². The van der Waals surface area contributed by atoms with Crippen LogP contribution in [0.1, 0.15) is 258 Å². The summed E-state index contributed by atoms with van der Waals surface area (Å²) in [6, 6.07) is -1.03. The molecule has 414 valence electrons. The maximum atomic E-state index is 13.4. The molecule has 1 aliphatic rings. The third-order valence-corrected chi connectivity index (χ3v) is 13.7. The molecule has 1 heterocycles. The summed E-state index contributed by atoms with van der Waals surface area (Å²) in [4.78, 5) is 26.4. The van der Waals surface area contributed by atoms with Crippen molar-refractivity contribution in [2.45, 2.75) is 307 Å². The Balaban J connectivity index is 2.75. The highest BCUT2D eigenvalue weighted by atomic mass is 16.7. The Kier molecular flexibility index (Phi) is 45.6. The Bertz CT molecular complexity index is 1340. The van der Waals surface area contributed by atoms with E-state index < -0.39 is 67.4 Å². The zero-order valence-corrected chi connectivity index (χ0v) is 45.6. The van der Waals surface area contributed by atoms with Crippen molar-refractivity contribution >= 4 is 11.9 Å². The number of aliphatic hydroxyl groups is 5. The van der Waals surface area contributed by atoms with Crippen LogP contribution in [0.4, 0.5) is 0 Å². The summed E-state index contributed by atoms with van der Waals surface area (Å²) in [7, 11) is 0. The quantitative estimate of drug-likeness (QED) is 0.0195. The van der Waals surface area contributed by atoms with Crippen molar-refractivity contribution in [1.82, 2.24) is 5.32 Å². The van der Waals surface area contributed by atoms with Crippen LogP contribution in [-0.4, -0.2) is 99.6 Å². The van der Waals surface area contributed by atoms with Crippen LogP contribution in [0, 0.1) is 0 Å². The predicted octanol–water partition coefficient (Wildman–Crippen LogP) is 13.3. The fourth-order valence-electron chi connectivity index (χ4n) is 8.97. The van der Waals surface area contributed by atoms with Crippen LogP contribution in [0.3, 0.4) is 0 Å². The molecule has 8 unspecified atom stereocenters. The molecule has 0 bridgehead atoms. The highest BCUT2D eigenvalue weighted by molar-refractivity contribution is 5.80. The molecule has 11 nitrogen and oxygen atoms in total. The SMILES string of the molecule is CCCCC/C=C\C/C=C\CCCCCCCCC(O)C(=O)NC(COC1OC(CO)C(O)C(O)C1OC(=O)CCCCC/C=C\CCCCCCCC)C(O)/C=C/CCCCCCCCCCCCC. The minimum Gasteiger partial charge on any atom is -0.454 e. The Labute approximate surface area is 434 Å². The normalized spacial score (nSPS) is 19.9. The van der Waals surface area contributed by atoms with Crippen LogP contribution in [0.2, 0.25) is 0 Å². The van der Waals surface area contributed by atoms with Gasteiger partial charge in [0.2, 0.25) is 5.91 Å². The number of unbranched alkanes of at least 4 members (excludes halogenated alkanes) is 29. The standard InChI is InChI=1S/C60H109NO10/c1-4-7-10-13-16-19-22-25-26-27-30-32-35-38-41-44-47-53(64)59(68)61-51(52(63)46-43-40-37-34-31-28-23-20-17-14-11-8-5-2)50-69-60-58(57(67)56(66)54(49-62)70-60)71-55(65)48-45-42-39-36-33-29-24-21-18-15-12-9-6-3/h16,19,25-26,29,33,43,46,51-54,56-58,60,62-64,66-67H,4-15,17-18,20-24,27-28,30-32,34-42,44-45,47-50H2,1-3H3,(H,61,68)/b19-16-,26-25-,33-29-,46-43+. The van der Waals surface area contributed by atoms with E-state index in [0.717, 1.165) is 89.9 Å². The summed E-state index contributed by atoms with van der Waals surface area (Å²) in [6.45, 7) is 5.74. The lowest BCUT2D eigenvalue weighted by molar-refractivity contribution is -0.305. The number of hydrogen-bond acceptors (Lipinski definition) is 10. The number of hydrogen-bond donors (Lipinski definition) is 6. The fourth-order valence-corrected chi connectivity index (χ4v) is 8.97. The number of aliphatic hydroxyl groups excluding tert-OH is 5. The van der Waals surface area contributed by atoms with Gasteiger partial charge in [-0.05, 0) is 83.5 Å². The fraction of sp³-hybridized carbons (Fsp3) is 0.833. The van der Waals surface area contributed by atoms with E-state index in [0.29, 0.717) is 12.8 Å². The van der Waals surface area contributed by atoms with Crippen molar-refractivity contribution in [2.75, 3.05) is 13.2 Å². The number of rotatable bonds is 49. The molecule has 1 saturated heterocycles. The predicted molar refractivity (Wildman–Crippen MR) is 292 cm³/mol. The van der Waals surface area contributed by atoms with Gasteiger partial charge >= 0.3 is 5.97 Å².